The highest BCUT2D eigenvalue weighted by atomic mass is 79.9. The molecule has 1 aromatic heterocycles. The maximum atomic E-state index is 12.3. The smallest absolute Gasteiger partial charge is 0.272 e. The number of hydrogen-bond donors (Lipinski definition) is 1. The Balaban J connectivity index is 2.12. The van der Waals surface area contributed by atoms with Gasteiger partial charge in [-0.15, -0.1) is 0 Å². The second-order valence-electron chi connectivity index (χ2n) is 5.38. The molecule has 6 heteroatoms. The number of rotatable bonds is 6. The normalized spacial score (nSPS) is 12.0. The van der Waals surface area contributed by atoms with Crippen LogP contribution >= 0.6 is 15.9 Å². The van der Waals surface area contributed by atoms with Gasteiger partial charge >= 0.3 is 0 Å². The molecule has 0 bridgehead atoms. The summed E-state index contributed by atoms with van der Waals surface area (Å²) in [6.45, 7) is 4.48. The average molecular weight is 378 g/mol. The fraction of sp³-hybridized carbons (Fsp3) is 0.353. The molecule has 1 unspecified atom stereocenters. The number of carbonyl (C=O) groups is 1. The van der Waals surface area contributed by atoms with Crippen molar-refractivity contribution in [2.75, 3.05) is 0 Å². The van der Waals surface area contributed by atoms with Crippen LogP contribution in [0.3, 0.4) is 0 Å². The molecular formula is C17H20BrN3O2. The summed E-state index contributed by atoms with van der Waals surface area (Å²) in [6, 6.07) is 10.5. The molecule has 122 valence electrons. The van der Waals surface area contributed by atoms with E-state index in [9.17, 15) is 9.59 Å². The summed E-state index contributed by atoms with van der Waals surface area (Å²) in [6.07, 6.45) is 1.82. The quantitative estimate of drug-likeness (QED) is 0.839. The Hall–Kier alpha value is -1.95. The fourth-order valence-corrected chi connectivity index (χ4v) is 2.58. The number of benzene rings is 1. The second kappa shape index (κ2) is 8.06. The van der Waals surface area contributed by atoms with Crippen molar-refractivity contribution < 1.29 is 4.79 Å². The number of aryl methyl sites for hydroxylation is 1. The molecule has 1 atom stereocenters. The minimum absolute atomic E-state index is 0.155. The third-order valence-corrected chi connectivity index (χ3v) is 4.01. The highest BCUT2D eigenvalue weighted by Gasteiger charge is 2.14. The van der Waals surface area contributed by atoms with Crippen LogP contribution in [0, 0.1) is 0 Å². The van der Waals surface area contributed by atoms with Gasteiger partial charge in [0.15, 0.2) is 0 Å². The van der Waals surface area contributed by atoms with Crippen molar-refractivity contribution in [3.05, 3.63) is 62.5 Å². The van der Waals surface area contributed by atoms with E-state index in [1.54, 1.807) is 0 Å². The molecule has 0 saturated heterocycles. The minimum atomic E-state index is -0.289. The minimum Gasteiger partial charge on any atom is -0.344 e. The predicted molar refractivity (Wildman–Crippen MR) is 93.4 cm³/mol. The Morgan fingerprint density at radius 1 is 1.35 bits per heavy atom. The zero-order chi connectivity index (χ0) is 16.8. The summed E-state index contributed by atoms with van der Waals surface area (Å²) >= 11 is 3.42. The maximum Gasteiger partial charge on any atom is 0.272 e. The van der Waals surface area contributed by atoms with E-state index in [2.05, 4.69) is 26.3 Å². The molecule has 0 fully saturated rings. The summed E-state index contributed by atoms with van der Waals surface area (Å²) in [4.78, 5) is 24.1. The lowest BCUT2D eigenvalue weighted by Gasteiger charge is -2.14. The molecule has 0 spiro atoms. The van der Waals surface area contributed by atoms with Crippen molar-refractivity contribution in [1.29, 1.82) is 0 Å². The third kappa shape index (κ3) is 4.76. The standard InChI is InChI=1S/C17H20BrN3O2/c1-3-4-10-21-16(22)9-8-15(20-21)17(23)19-12(2)13-6-5-7-14(18)11-13/h5-9,11-12H,3-4,10H2,1-2H3,(H,19,23). The van der Waals surface area contributed by atoms with Crippen LogP contribution in [0.2, 0.25) is 0 Å². The van der Waals surface area contributed by atoms with E-state index < -0.39 is 0 Å². The van der Waals surface area contributed by atoms with Crippen molar-refractivity contribution in [3.8, 4) is 0 Å². The molecule has 2 aromatic rings. The van der Waals surface area contributed by atoms with Crippen LogP contribution in [0.25, 0.3) is 0 Å². The zero-order valence-electron chi connectivity index (χ0n) is 13.3. The molecular weight excluding hydrogens is 358 g/mol. The molecule has 0 saturated carbocycles. The first-order valence-corrected chi connectivity index (χ1v) is 8.45. The maximum absolute atomic E-state index is 12.3. The number of halogens is 1. The predicted octanol–water partition coefficient (Wildman–Crippen LogP) is 3.30. The molecule has 0 aliphatic rings. The Morgan fingerprint density at radius 3 is 2.83 bits per heavy atom. The molecule has 1 N–H and O–H groups in total. The summed E-state index contributed by atoms with van der Waals surface area (Å²) < 4.78 is 2.31. The number of aromatic nitrogens is 2. The number of carbonyl (C=O) groups excluding carboxylic acids is 1. The van der Waals surface area contributed by atoms with E-state index in [4.69, 9.17) is 0 Å². The van der Waals surface area contributed by atoms with E-state index in [-0.39, 0.29) is 23.2 Å². The zero-order valence-corrected chi connectivity index (χ0v) is 14.8. The van der Waals surface area contributed by atoms with Gasteiger partial charge in [0.2, 0.25) is 0 Å². The van der Waals surface area contributed by atoms with Crippen molar-refractivity contribution in [1.82, 2.24) is 15.1 Å². The molecule has 0 aliphatic heterocycles. The van der Waals surface area contributed by atoms with Gasteiger partial charge in [0, 0.05) is 17.1 Å². The van der Waals surface area contributed by atoms with Gasteiger partial charge in [0.25, 0.3) is 11.5 Å². The van der Waals surface area contributed by atoms with Crippen LogP contribution in [0.5, 0.6) is 0 Å². The Labute approximate surface area is 143 Å². The molecule has 5 nitrogen and oxygen atoms in total. The molecule has 1 amide bonds. The molecule has 1 aromatic carbocycles. The van der Waals surface area contributed by atoms with Crippen molar-refractivity contribution in [2.45, 2.75) is 39.3 Å². The summed E-state index contributed by atoms with van der Waals surface area (Å²) in [5, 5.41) is 7.06. The summed E-state index contributed by atoms with van der Waals surface area (Å²) in [5.41, 5.74) is 1.06. The number of unbranched alkanes of at least 4 members (excludes halogenated alkanes) is 1. The van der Waals surface area contributed by atoms with Crippen molar-refractivity contribution in [3.63, 3.8) is 0 Å². The number of amides is 1. The number of nitrogens with one attached hydrogen (secondary N) is 1. The highest BCUT2D eigenvalue weighted by molar-refractivity contribution is 9.10. The number of nitrogens with zero attached hydrogens (tertiary/aromatic N) is 2. The molecule has 0 aliphatic carbocycles. The average Bonchev–Trinajstić information content (AvgIpc) is 2.54. The fourth-order valence-electron chi connectivity index (χ4n) is 2.17. The van der Waals surface area contributed by atoms with E-state index >= 15 is 0 Å². The van der Waals surface area contributed by atoms with Gasteiger partial charge in [-0.25, -0.2) is 4.68 Å². The van der Waals surface area contributed by atoms with Gasteiger partial charge in [0.1, 0.15) is 5.69 Å². The first-order chi connectivity index (χ1) is 11.0. The van der Waals surface area contributed by atoms with Crippen LogP contribution in [0.1, 0.15) is 48.8 Å². The van der Waals surface area contributed by atoms with E-state index in [0.29, 0.717) is 6.54 Å². The van der Waals surface area contributed by atoms with Gasteiger partial charge in [-0.05, 0) is 37.1 Å². The van der Waals surface area contributed by atoms with Crippen LogP contribution in [-0.2, 0) is 6.54 Å². The Kier molecular flexibility index (Phi) is 6.10. The van der Waals surface area contributed by atoms with Gasteiger partial charge in [0.05, 0.1) is 6.04 Å². The lowest BCUT2D eigenvalue weighted by atomic mass is 10.1. The SMILES string of the molecule is CCCCn1nc(C(=O)NC(C)c2cccc(Br)c2)ccc1=O. The lowest BCUT2D eigenvalue weighted by molar-refractivity contribution is 0.0932. The molecule has 23 heavy (non-hydrogen) atoms. The first kappa shape index (κ1) is 17.4. The van der Waals surface area contributed by atoms with Crippen LogP contribution < -0.4 is 10.9 Å². The van der Waals surface area contributed by atoms with Gasteiger partial charge in [-0.1, -0.05) is 41.4 Å². The molecule has 1 heterocycles. The molecule has 2 rings (SSSR count). The Morgan fingerprint density at radius 2 is 2.13 bits per heavy atom. The third-order valence-electron chi connectivity index (χ3n) is 3.52. The van der Waals surface area contributed by atoms with E-state index in [0.717, 1.165) is 22.9 Å². The van der Waals surface area contributed by atoms with Crippen molar-refractivity contribution in [2.24, 2.45) is 0 Å². The first-order valence-electron chi connectivity index (χ1n) is 7.65. The van der Waals surface area contributed by atoms with Gasteiger partial charge in [-0.3, -0.25) is 9.59 Å². The molecule has 0 radical (unpaired) electrons. The van der Waals surface area contributed by atoms with E-state index in [1.807, 2.05) is 38.1 Å². The Bertz CT molecular complexity index is 743. The lowest BCUT2D eigenvalue weighted by Crippen LogP contribution is -2.31. The van der Waals surface area contributed by atoms with Crippen LogP contribution in [0.15, 0.2) is 45.7 Å². The van der Waals surface area contributed by atoms with E-state index in [1.165, 1.54) is 16.8 Å². The van der Waals surface area contributed by atoms with Crippen molar-refractivity contribution >= 4 is 21.8 Å². The van der Waals surface area contributed by atoms with Gasteiger partial charge in [-0.2, -0.15) is 5.10 Å². The monoisotopic (exact) mass is 377 g/mol. The largest absolute Gasteiger partial charge is 0.344 e. The van der Waals surface area contributed by atoms with Crippen LogP contribution in [0.4, 0.5) is 0 Å². The number of hydrogen-bond acceptors (Lipinski definition) is 3. The van der Waals surface area contributed by atoms with Crippen LogP contribution in [-0.4, -0.2) is 15.7 Å². The summed E-state index contributed by atoms with van der Waals surface area (Å²) in [7, 11) is 0. The second-order valence-corrected chi connectivity index (χ2v) is 6.30. The summed E-state index contributed by atoms with van der Waals surface area (Å²) in [5.74, 6) is -0.289. The highest BCUT2D eigenvalue weighted by Crippen LogP contribution is 2.18. The topological polar surface area (TPSA) is 64.0 Å². The van der Waals surface area contributed by atoms with Gasteiger partial charge < -0.3 is 5.32 Å².